The molecule has 2 unspecified atom stereocenters. The predicted molar refractivity (Wildman–Crippen MR) is 74.9 cm³/mol. The molecular weight excluding hydrogens is 224 g/mol. The molecule has 0 aromatic carbocycles. The zero-order valence-electron chi connectivity index (χ0n) is 11.9. The fourth-order valence-electron chi connectivity index (χ4n) is 2.22. The van der Waals surface area contributed by atoms with Crippen LogP contribution >= 0.6 is 0 Å². The van der Waals surface area contributed by atoms with E-state index in [0.29, 0.717) is 12.0 Å². The van der Waals surface area contributed by atoms with Crippen molar-refractivity contribution in [2.24, 2.45) is 5.92 Å². The third-order valence-corrected chi connectivity index (χ3v) is 3.71. The smallest absolute Gasteiger partial charge is 0.125 e. The summed E-state index contributed by atoms with van der Waals surface area (Å²) in [7, 11) is 0. The van der Waals surface area contributed by atoms with Crippen molar-refractivity contribution in [3.8, 4) is 0 Å². The maximum absolute atomic E-state index is 5.56. The van der Waals surface area contributed by atoms with Crippen molar-refractivity contribution in [3.05, 3.63) is 23.9 Å². The summed E-state index contributed by atoms with van der Waals surface area (Å²) < 4.78 is 5.56. The van der Waals surface area contributed by atoms with Crippen LogP contribution in [-0.4, -0.2) is 24.2 Å². The Morgan fingerprint density at radius 2 is 2.17 bits per heavy atom. The van der Waals surface area contributed by atoms with Crippen molar-refractivity contribution in [1.29, 1.82) is 0 Å². The lowest BCUT2D eigenvalue weighted by atomic mass is 9.88. The molecule has 2 rings (SSSR count). The Labute approximate surface area is 110 Å². The molecule has 1 aliphatic heterocycles. The molecule has 0 aliphatic carbocycles. The van der Waals surface area contributed by atoms with Crippen LogP contribution in [0.15, 0.2) is 18.3 Å². The number of nitrogens with zero attached hydrogens (tertiary/aromatic N) is 1. The number of aromatic nitrogens is 1. The van der Waals surface area contributed by atoms with E-state index in [4.69, 9.17) is 4.74 Å². The molecule has 1 N–H and O–H groups in total. The Morgan fingerprint density at radius 1 is 1.39 bits per heavy atom. The minimum absolute atomic E-state index is 0.166. The lowest BCUT2D eigenvalue weighted by molar-refractivity contribution is 0.108. The van der Waals surface area contributed by atoms with Gasteiger partial charge >= 0.3 is 0 Å². The molecule has 0 amide bonds. The number of ether oxygens (including phenoxy) is 1. The van der Waals surface area contributed by atoms with Crippen molar-refractivity contribution in [2.45, 2.75) is 45.6 Å². The van der Waals surface area contributed by atoms with Crippen LogP contribution in [0.1, 0.15) is 39.7 Å². The van der Waals surface area contributed by atoms with Gasteiger partial charge in [-0.25, -0.2) is 4.98 Å². The Kier molecular flexibility index (Phi) is 3.91. The minimum Gasteiger partial charge on any atom is -0.378 e. The second-order valence-electron chi connectivity index (χ2n) is 6.19. The summed E-state index contributed by atoms with van der Waals surface area (Å²) in [4.78, 5) is 4.48. The highest BCUT2D eigenvalue weighted by Crippen LogP contribution is 2.23. The van der Waals surface area contributed by atoms with Gasteiger partial charge in [0.1, 0.15) is 5.82 Å². The summed E-state index contributed by atoms with van der Waals surface area (Å²) in [6.45, 7) is 10.6. The van der Waals surface area contributed by atoms with E-state index in [0.717, 1.165) is 25.4 Å². The number of hydrogen-bond donors (Lipinski definition) is 1. The molecule has 3 nitrogen and oxygen atoms in total. The average molecular weight is 248 g/mol. The fourth-order valence-corrected chi connectivity index (χ4v) is 2.22. The summed E-state index contributed by atoms with van der Waals surface area (Å²) in [6.07, 6.45) is 3.48. The third kappa shape index (κ3) is 3.22. The fraction of sp³-hybridized carbons (Fsp3) is 0.667. The van der Waals surface area contributed by atoms with E-state index in [1.54, 1.807) is 0 Å². The van der Waals surface area contributed by atoms with Gasteiger partial charge in [-0.1, -0.05) is 26.8 Å². The summed E-state index contributed by atoms with van der Waals surface area (Å²) in [5.41, 5.74) is 1.44. The predicted octanol–water partition coefficient (Wildman–Crippen LogP) is 3.22. The topological polar surface area (TPSA) is 34.1 Å². The molecule has 2 atom stereocenters. The van der Waals surface area contributed by atoms with Crippen molar-refractivity contribution >= 4 is 5.82 Å². The van der Waals surface area contributed by atoms with Gasteiger partial charge in [-0.05, 0) is 30.4 Å². The molecule has 1 aromatic heterocycles. The second-order valence-corrected chi connectivity index (χ2v) is 6.19. The molecule has 18 heavy (non-hydrogen) atoms. The first kappa shape index (κ1) is 13.3. The van der Waals surface area contributed by atoms with Crippen molar-refractivity contribution < 1.29 is 4.74 Å². The summed E-state index contributed by atoms with van der Waals surface area (Å²) >= 11 is 0. The van der Waals surface area contributed by atoms with Gasteiger partial charge in [0.05, 0.1) is 6.10 Å². The van der Waals surface area contributed by atoms with Crippen molar-refractivity contribution in [1.82, 2.24) is 4.98 Å². The molecule has 0 spiro atoms. The molecule has 2 heterocycles. The zero-order chi connectivity index (χ0) is 13.2. The Bertz CT molecular complexity index is 380. The molecule has 1 saturated heterocycles. The highest BCUT2D eigenvalue weighted by atomic mass is 16.5. The Morgan fingerprint density at radius 3 is 2.67 bits per heavy atom. The molecule has 3 heteroatoms. The number of nitrogens with one attached hydrogen (secondary N) is 1. The first-order chi connectivity index (χ1) is 8.47. The molecule has 1 fully saturated rings. The van der Waals surface area contributed by atoms with Crippen LogP contribution in [0, 0.1) is 5.92 Å². The molecule has 0 bridgehead atoms. The molecule has 100 valence electrons. The SMILES string of the molecule is CC1OCCC1CNc1ccc(C(C)(C)C)cn1. The molecular formula is C15H24N2O. The van der Waals surface area contributed by atoms with Crippen LogP contribution in [0.4, 0.5) is 5.82 Å². The monoisotopic (exact) mass is 248 g/mol. The highest BCUT2D eigenvalue weighted by Gasteiger charge is 2.23. The number of hydrogen-bond acceptors (Lipinski definition) is 3. The normalized spacial score (nSPS) is 24.2. The summed E-state index contributed by atoms with van der Waals surface area (Å²) in [5.74, 6) is 1.57. The quantitative estimate of drug-likeness (QED) is 0.892. The Balaban J connectivity index is 1.90. The van der Waals surface area contributed by atoms with Gasteiger partial charge in [0, 0.05) is 25.3 Å². The van der Waals surface area contributed by atoms with Crippen molar-refractivity contribution in [3.63, 3.8) is 0 Å². The highest BCUT2D eigenvalue weighted by molar-refractivity contribution is 5.37. The second kappa shape index (κ2) is 5.27. The third-order valence-electron chi connectivity index (χ3n) is 3.71. The van der Waals surface area contributed by atoms with Crippen molar-refractivity contribution in [2.75, 3.05) is 18.5 Å². The van der Waals surface area contributed by atoms with Crippen LogP contribution in [0.3, 0.4) is 0 Å². The van der Waals surface area contributed by atoms with Gasteiger partial charge in [-0.2, -0.15) is 0 Å². The van der Waals surface area contributed by atoms with Crippen LogP contribution in [0.5, 0.6) is 0 Å². The maximum atomic E-state index is 5.56. The lowest BCUT2D eigenvalue weighted by Crippen LogP contribution is -2.21. The zero-order valence-corrected chi connectivity index (χ0v) is 11.9. The van der Waals surface area contributed by atoms with Gasteiger partial charge in [0.25, 0.3) is 0 Å². The lowest BCUT2D eigenvalue weighted by Gasteiger charge is -2.19. The van der Waals surface area contributed by atoms with Crippen LogP contribution < -0.4 is 5.32 Å². The van der Waals surface area contributed by atoms with Gasteiger partial charge < -0.3 is 10.1 Å². The molecule has 1 aromatic rings. The van der Waals surface area contributed by atoms with E-state index in [-0.39, 0.29) is 5.41 Å². The number of pyridine rings is 1. The van der Waals surface area contributed by atoms with E-state index in [9.17, 15) is 0 Å². The largest absolute Gasteiger partial charge is 0.378 e. The van der Waals surface area contributed by atoms with Gasteiger partial charge in [0.2, 0.25) is 0 Å². The standard InChI is InChI=1S/C15H24N2O/c1-11-12(7-8-18-11)9-16-14-6-5-13(10-17-14)15(2,3)4/h5-6,10-12H,7-9H2,1-4H3,(H,16,17). The maximum Gasteiger partial charge on any atom is 0.125 e. The van der Waals surface area contributed by atoms with E-state index < -0.39 is 0 Å². The van der Waals surface area contributed by atoms with Gasteiger partial charge in [0.15, 0.2) is 0 Å². The molecule has 0 saturated carbocycles. The first-order valence-electron chi connectivity index (χ1n) is 6.79. The number of rotatable bonds is 3. The van der Waals surface area contributed by atoms with E-state index in [1.165, 1.54) is 5.56 Å². The summed E-state index contributed by atoms with van der Waals surface area (Å²) in [6, 6.07) is 4.23. The van der Waals surface area contributed by atoms with Crippen LogP contribution in [-0.2, 0) is 10.2 Å². The Hall–Kier alpha value is -1.09. The average Bonchev–Trinajstić information content (AvgIpc) is 2.72. The molecule has 1 aliphatic rings. The van der Waals surface area contributed by atoms with Crippen LogP contribution in [0.2, 0.25) is 0 Å². The van der Waals surface area contributed by atoms with Crippen LogP contribution in [0.25, 0.3) is 0 Å². The number of anilines is 1. The van der Waals surface area contributed by atoms with E-state index in [1.807, 2.05) is 6.20 Å². The van der Waals surface area contributed by atoms with E-state index in [2.05, 4.69) is 50.1 Å². The first-order valence-corrected chi connectivity index (χ1v) is 6.79. The van der Waals surface area contributed by atoms with Gasteiger partial charge in [-0.3, -0.25) is 0 Å². The van der Waals surface area contributed by atoms with E-state index >= 15 is 0 Å². The van der Waals surface area contributed by atoms with Gasteiger partial charge in [-0.15, -0.1) is 0 Å². The molecule has 0 radical (unpaired) electrons. The summed E-state index contributed by atoms with van der Waals surface area (Å²) in [5, 5.41) is 3.40. The minimum atomic E-state index is 0.166.